The van der Waals surface area contributed by atoms with Crippen LogP contribution in [0.4, 0.5) is 17.3 Å². The van der Waals surface area contributed by atoms with E-state index in [9.17, 15) is 0 Å². The quantitative estimate of drug-likeness (QED) is 0.601. The minimum Gasteiger partial charge on any atom is -0.493 e. The van der Waals surface area contributed by atoms with Crippen molar-refractivity contribution in [2.75, 3.05) is 31.4 Å². The van der Waals surface area contributed by atoms with Gasteiger partial charge in [-0.1, -0.05) is 23.8 Å². The van der Waals surface area contributed by atoms with Gasteiger partial charge >= 0.3 is 0 Å². The lowest BCUT2D eigenvalue weighted by atomic mass is 10.1. The zero-order valence-electron chi connectivity index (χ0n) is 16.7. The Morgan fingerprint density at radius 3 is 2.25 bits per heavy atom. The van der Waals surface area contributed by atoms with E-state index in [-0.39, 0.29) is 0 Å². The van der Waals surface area contributed by atoms with E-state index >= 15 is 0 Å². The van der Waals surface area contributed by atoms with E-state index in [0.29, 0.717) is 5.82 Å². The Balaban J connectivity index is 1.63. The number of hydrogen-bond donors (Lipinski definition) is 2. The maximum atomic E-state index is 5.36. The first-order chi connectivity index (χ1) is 13.6. The molecular formula is C22H26N4O2. The topological polar surface area (TPSA) is 68.3 Å². The van der Waals surface area contributed by atoms with Gasteiger partial charge in [0.15, 0.2) is 11.5 Å². The van der Waals surface area contributed by atoms with Crippen LogP contribution in [0.1, 0.15) is 17.0 Å². The van der Waals surface area contributed by atoms with E-state index in [4.69, 9.17) is 9.47 Å². The van der Waals surface area contributed by atoms with Gasteiger partial charge in [0.05, 0.1) is 14.2 Å². The summed E-state index contributed by atoms with van der Waals surface area (Å²) in [6.45, 7) is 4.70. The normalized spacial score (nSPS) is 10.4. The third kappa shape index (κ3) is 5.13. The van der Waals surface area contributed by atoms with Gasteiger partial charge in [0, 0.05) is 18.3 Å². The summed E-state index contributed by atoms with van der Waals surface area (Å²) >= 11 is 0. The molecule has 0 bridgehead atoms. The summed E-state index contributed by atoms with van der Waals surface area (Å²) in [7, 11) is 3.28. The number of aryl methyl sites for hydroxylation is 2. The Kier molecular flexibility index (Phi) is 6.32. The van der Waals surface area contributed by atoms with Crippen LogP contribution in [0, 0.1) is 13.8 Å². The predicted octanol–water partition coefficient (Wildman–Crippen LogP) is 4.51. The summed E-state index contributed by atoms with van der Waals surface area (Å²) in [5.41, 5.74) is 3.39. The molecule has 3 aromatic rings. The van der Waals surface area contributed by atoms with Gasteiger partial charge in [-0.15, -0.1) is 0 Å². The van der Waals surface area contributed by atoms with Crippen molar-refractivity contribution in [2.45, 2.75) is 20.3 Å². The summed E-state index contributed by atoms with van der Waals surface area (Å²) in [6, 6.07) is 16.1. The van der Waals surface area contributed by atoms with Crippen molar-refractivity contribution >= 4 is 17.3 Å². The Labute approximate surface area is 166 Å². The van der Waals surface area contributed by atoms with Crippen LogP contribution in [0.15, 0.2) is 48.5 Å². The second-order valence-corrected chi connectivity index (χ2v) is 6.54. The van der Waals surface area contributed by atoms with Gasteiger partial charge in [-0.25, -0.2) is 9.97 Å². The standard InChI is InChI=1S/C22H26N4O2/c1-15-5-8-18(9-6-15)26-22-14-21(24-16(2)25-22)23-12-11-17-7-10-19(27-3)20(13-17)28-4/h5-10,13-14H,11-12H2,1-4H3,(H2,23,24,25,26). The summed E-state index contributed by atoms with van der Waals surface area (Å²) in [5, 5.41) is 6.70. The number of aromatic nitrogens is 2. The molecule has 0 aliphatic rings. The van der Waals surface area contributed by atoms with E-state index in [2.05, 4.69) is 39.7 Å². The summed E-state index contributed by atoms with van der Waals surface area (Å²) < 4.78 is 10.6. The van der Waals surface area contributed by atoms with Gasteiger partial charge in [-0.3, -0.25) is 0 Å². The molecule has 0 saturated heterocycles. The van der Waals surface area contributed by atoms with Crippen molar-refractivity contribution in [3.8, 4) is 11.5 Å². The van der Waals surface area contributed by atoms with Crippen molar-refractivity contribution in [1.82, 2.24) is 9.97 Å². The molecule has 146 valence electrons. The zero-order chi connectivity index (χ0) is 19.9. The van der Waals surface area contributed by atoms with E-state index < -0.39 is 0 Å². The number of anilines is 3. The molecule has 0 atom stereocenters. The highest BCUT2D eigenvalue weighted by Crippen LogP contribution is 2.27. The third-order valence-corrected chi connectivity index (χ3v) is 4.33. The van der Waals surface area contributed by atoms with Crippen molar-refractivity contribution in [2.24, 2.45) is 0 Å². The van der Waals surface area contributed by atoms with Gasteiger partial charge in [-0.05, 0) is 50.1 Å². The Morgan fingerprint density at radius 2 is 1.54 bits per heavy atom. The van der Waals surface area contributed by atoms with Crippen molar-refractivity contribution < 1.29 is 9.47 Å². The zero-order valence-corrected chi connectivity index (χ0v) is 16.7. The van der Waals surface area contributed by atoms with Gasteiger partial charge in [-0.2, -0.15) is 0 Å². The predicted molar refractivity (Wildman–Crippen MR) is 113 cm³/mol. The first kappa shape index (κ1) is 19.5. The first-order valence-electron chi connectivity index (χ1n) is 9.21. The second kappa shape index (κ2) is 9.08. The summed E-state index contributed by atoms with van der Waals surface area (Å²) in [4.78, 5) is 8.94. The van der Waals surface area contributed by atoms with Gasteiger partial charge in [0.25, 0.3) is 0 Å². The molecule has 0 aliphatic carbocycles. The lowest BCUT2D eigenvalue weighted by molar-refractivity contribution is 0.354. The highest BCUT2D eigenvalue weighted by atomic mass is 16.5. The van der Waals surface area contributed by atoms with Crippen LogP contribution in [-0.4, -0.2) is 30.7 Å². The van der Waals surface area contributed by atoms with Crippen LogP contribution in [0.3, 0.4) is 0 Å². The van der Waals surface area contributed by atoms with Crippen LogP contribution < -0.4 is 20.1 Å². The molecule has 28 heavy (non-hydrogen) atoms. The monoisotopic (exact) mass is 378 g/mol. The maximum absolute atomic E-state index is 5.36. The summed E-state index contributed by atoms with van der Waals surface area (Å²) in [5.74, 6) is 3.75. The van der Waals surface area contributed by atoms with Crippen molar-refractivity contribution in [3.63, 3.8) is 0 Å². The molecular weight excluding hydrogens is 352 g/mol. The van der Waals surface area contributed by atoms with E-state index in [1.54, 1.807) is 14.2 Å². The van der Waals surface area contributed by atoms with Gasteiger partial charge < -0.3 is 20.1 Å². The second-order valence-electron chi connectivity index (χ2n) is 6.54. The molecule has 1 heterocycles. The maximum Gasteiger partial charge on any atom is 0.160 e. The third-order valence-electron chi connectivity index (χ3n) is 4.33. The molecule has 1 aromatic heterocycles. The SMILES string of the molecule is COc1ccc(CCNc2cc(Nc3ccc(C)cc3)nc(C)n2)cc1OC. The molecule has 0 unspecified atom stereocenters. The lowest BCUT2D eigenvalue weighted by Gasteiger charge is -2.12. The highest BCUT2D eigenvalue weighted by Gasteiger charge is 2.06. The molecule has 0 spiro atoms. The van der Waals surface area contributed by atoms with Crippen LogP contribution in [0.25, 0.3) is 0 Å². The number of methoxy groups -OCH3 is 2. The number of benzene rings is 2. The number of ether oxygens (including phenoxy) is 2. The fourth-order valence-electron chi connectivity index (χ4n) is 2.88. The average Bonchev–Trinajstić information content (AvgIpc) is 2.69. The molecule has 0 radical (unpaired) electrons. The van der Waals surface area contributed by atoms with E-state index in [1.807, 2.05) is 43.3 Å². The molecule has 2 N–H and O–H groups in total. The number of nitrogens with one attached hydrogen (secondary N) is 2. The molecule has 0 fully saturated rings. The van der Waals surface area contributed by atoms with Crippen LogP contribution in [-0.2, 0) is 6.42 Å². The fourth-order valence-corrected chi connectivity index (χ4v) is 2.88. The molecule has 2 aromatic carbocycles. The number of hydrogen-bond acceptors (Lipinski definition) is 6. The Bertz CT molecular complexity index is 926. The van der Waals surface area contributed by atoms with Gasteiger partial charge in [0.2, 0.25) is 0 Å². The first-order valence-corrected chi connectivity index (χ1v) is 9.21. The van der Waals surface area contributed by atoms with E-state index in [0.717, 1.165) is 47.4 Å². The largest absolute Gasteiger partial charge is 0.493 e. The highest BCUT2D eigenvalue weighted by molar-refractivity contribution is 5.59. The average molecular weight is 378 g/mol. The number of rotatable bonds is 8. The molecule has 0 amide bonds. The molecule has 3 rings (SSSR count). The van der Waals surface area contributed by atoms with Crippen molar-refractivity contribution in [1.29, 1.82) is 0 Å². The number of nitrogens with zero attached hydrogens (tertiary/aromatic N) is 2. The molecule has 0 saturated carbocycles. The van der Waals surface area contributed by atoms with Gasteiger partial charge in [0.1, 0.15) is 17.5 Å². The molecule has 0 aliphatic heterocycles. The molecule has 6 heteroatoms. The smallest absolute Gasteiger partial charge is 0.160 e. The summed E-state index contributed by atoms with van der Waals surface area (Å²) in [6.07, 6.45) is 0.837. The lowest BCUT2D eigenvalue weighted by Crippen LogP contribution is -2.08. The van der Waals surface area contributed by atoms with Crippen molar-refractivity contribution in [3.05, 3.63) is 65.5 Å². The van der Waals surface area contributed by atoms with E-state index in [1.165, 1.54) is 5.56 Å². The minimum atomic E-state index is 0.714. The molecule has 6 nitrogen and oxygen atoms in total. The van der Waals surface area contributed by atoms with Crippen LogP contribution >= 0.6 is 0 Å². The van der Waals surface area contributed by atoms with Crippen LogP contribution in [0.2, 0.25) is 0 Å². The van der Waals surface area contributed by atoms with Crippen LogP contribution in [0.5, 0.6) is 11.5 Å². The Morgan fingerprint density at radius 1 is 0.821 bits per heavy atom. The minimum absolute atomic E-state index is 0.714. The fraction of sp³-hybridized carbons (Fsp3) is 0.273. The Hall–Kier alpha value is -3.28.